The highest BCUT2D eigenvalue weighted by atomic mass is 32.2. The predicted octanol–water partition coefficient (Wildman–Crippen LogP) is 1.45. The molecule has 0 spiro atoms. The van der Waals surface area contributed by atoms with Crippen molar-refractivity contribution in [3.05, 3.63) is 0 Å². The Bertz CT molecular complexity index is 235. The van der Waals surface area contributed by atoms with Gasteiger partial charge >= 0.3 is 0 Å². The average Bonchev–Trinajstić information content (AvgIpc) is 2.00. The summed E-state index contributed by atoms with van der Waals surface area (Å²) in [6, 6.07) is 0.446. The highest BCUT2D eigenvalue weighted by Crippen LogP contribution is 2.09. The minimum absolute atomic E-state index is 0.307. The van der Waals surface area contributed by atoms with Gasteiger partial charge in [0.15, 0.2) is 0 Å². The molecule has 0 rings (SSSR count). The lowest BCUT2D eigenvalue weighted by Crippen LogP contribution is -2.33. The lowest BCUT2D eigenvalue weighted by Gasteiger charge is -2.21. The first kappa shape index (κ1) is 13.9. The van der Waals surface area contributed by atoms with Gasteiger partial charge in [0, 0.05) is 18.1 Å². The van der Waals surface area contributed by atoms with Crippen LogP contribution in [0.4, 0.5) is 0 Å². The summed E-state index contributed by atoms with van der Waals surface area (Å²) in [6.07, 6.45) is 3.00. The summed E-state index contributed by atoms with van der Waals surface area (Å²) in [5.41, 5.74) is 0. The van der Waals surface area contributed by atoms with E-state index in [9.17, 15) is 8.42 Å². The van der Waals surface area contributed by atoms with E-state index in [-0.39, 0.29) is 0 Å². The second-order valence-corrected chi connectivity index (χ2v) is 6.44. The molecule has 0 aromatic rings. The van der Waals surface area contributed by atoms with Crippen LogP contribution < -0.4 is 5.32 Å². The monoisotopic (exact) mass is 221 g/mol. The molecule has 0 radical (unpaired) electrons. The summed E-state index contributed by atoms with van der Waals surface area (Å²) in [6.45, 7) is 7.34. The second-order valence-electron chi connectivity index (χ2n) is 4.18. The zero-order chi connectivity index (χ0) is 11.2. The smallest absolute Gasteiger partial charge is 0.147 e. The predicted molar refractivity (Wildman–Crippen MR) is 61.2 cm³/mol. The van der Waals surface area contributed by atoms with Crippen molar-refractivity contribution < 1.29 is 8.42 Å². The number of rotatable bonds is 7. The van der Waals surface area contributed by atoms with Gasteiger partial charge in [0.25, 0.3) is 0 Å². The van der Waals surface area contributed by atoms with Crippen LogP contribution in [0, 0.1) is 5.92 Å². The van der Waals surface area contributed by atoms with Crippen LogP contribution in [0.3, 0.4) is 0 Å². The number of hydrogen-bond acceptors (Lipinski definition) is 3. The van der Waals surface area contributed by atoms with E-state index >= 15 is 0 Å². The molecule has 0 aromatic carbocycles. The molecule has 4 heteroatoms. The molecule has 0 aliphatic carbocycles. The van der Waals surface area contributed by atoms with Gasteiger partial charge < -0.3 is 5.32 Å². The van der Waals surface area contributed by atoms with Crippen molar-refractivity contribution >= 4 is 9.84 Å². The highest BCUT2D eigenvalue weighted by molar-refractivity contribution is 7.90. The molecule has 86 valence electrons. The molecule has 0 bridgehead atoms. The summed E-state index contributed by atoms with van der Waals surface area (Å²) >= 11 is 0. The summed E-state index contributed by atoms with van der Waals surface area (Å²) in [7, 11) is -2.79. The molecule has 0 saturated carbocycles. The van der Waals surface area contributed by atoms with Crippen molar-refractivity contribution in [3.8, 4) is 0 Å². The molecule has 1 atom stereocenters. The Kier molecular flexibility index (Phi) is 6.36. The molecule has 0 aliphatic heterocycles. The topological polar surface area (TPSA) is 46.2 Å². The van der Waals surface area contributed by atoms with Gasteiger partial charge in [-0.05, 0) is 25.3 Å². The maximum absolute atomic E-state index is 10.9. The average molecular weight is 221 g/mol. The van der Waals surface area contributed by atoms with Crippen molar-refractivity contribution in [2.45, 2.75) is 39.7 Å². The molecule has 0 fully saturated rings. The first-order valence-electron chi connectivity index (χ1n) is 5.28. The van der Waals surface area contributed by atoms with Crippen molar-refractivity contribution in [2.75, 3.05) is 18.6 Å². The van der Waals surface area contributed by atoms with E-state index < -0.39 is 9.84 Å². The third kappa shape index (κ3) is 7.33. The van der Waals surface area contributed by atoms with Crippen molar-refractivity contribution in [1.29, 1.82) is 0 Å². The first-order valence-corrected chi connectivity index (χ1v) is 7.34. The lowest BCUT2D eigenvalue weighted by atomic mass is 10.00. The van der Waals surface area contributed by atoms with E-state index in [0.717, 1.165) is 19.4 Å². The van der Waals surface area contributed by atoms with E-state index in [0.29, 0.717) is 17.7 Å². The number of hydrogen-bond donors (Lipinski definition) is 1. The quantitative estimate of drug-likeness (QED) is 0.707. The Morgan fingerprint density at radius 3 is 2.21 bits per heavy atom. The fraction of sp³-hybridized carbons (Fsp3) is 1.00. The minimum Gasteiger partial charge on any atom is -0.314 e. The molecule has 0 amide bonds. The van der Waals surface area contributed by atoms with Crippen molar-refractivity contribution in [3.63, 3.8) is 0 Å². The third-order valence-electron chi connectivity index (χ3n) is 2.30. The Labute approximate surface area is 88.2 Å². The van der Waals surface area contributed by atoms with E-state index in [1.807, 2.05) is 0 Å². The number of nitrogens with one attached hydrogen (secondary N) is 1. The van der Waals surface area contributed by atoms with Gasteiger partial charge in [-0.3, -0.25) is 0 Å². The minimum atomic E-state index is -2.79. The molecule has 0 aromatic heterocycles. The molecule has 1 N–H and O–H groups in total. The Morgan fingerprint density at radius 1 is 1.29 bits per heavy atom. The van der Waals surface area contributed by atoms with Gasteiger partial charge in [-0.1, -0.05) is 20.8 Å². The van der Waals surface area contributed by atoms with Crippen LogP contribution in [-0.2, 0) is 9.84 Å². The van der Waals surface area contributed by atoms with Gasteiger partial charge in [0.05, 0.1) is 0 Å². The van der Waals surface area contributed by atoms with Gasteiger partial charge in [-0.2, -0.15) is 0 Å². The van der Waals surface area contributed by atoms with E-state index in [1.54, 1.807) is 0 Å². The number of sulfone groups is 1. The van der Waals surface area contributed by atoms with Crippen LogP contribution in [0.2, 0.25) is 0 Å². The molecule has 14 heavy (non-hydrogen) atoms. The van der Waals surface area contributed by atoms with Crippen molar-refractivity contribution in [2.24, 2.45) is 5.92 Å². The maximum atomic E-state index is 10.9. The molecule has 0 saturated heterocycles. The largest absolute Gasteiger partial charge is 0.314 e. The molecule has 1 unspecified atom stereocenters. The van der Waals surface area contributed by atoms with Crippen LogP contribution in [0.15, 0.2) is 0 Å². The summed E-state index contributed by atoms with van der Waals surface area (Å²) in [4.78, 5) is 0. The molecular formula is C10H23NO2S. The molecule has 3 nitrogen and oxygen atoms in total. The van der Waals surface area contributed by atoms with E-state index in [4.69, 9.17) is 0 Å². The van der Waals surface area contributed by atoms with Crippen LogP contribution in [0.5, 0.6) is 0 Å². The van der Waals surface area contributed by atoms with Crippen LogP contribution in [0.25, 0.3) is 0 Å². The van der Waals surface area contributed by atoms with Crippen LogP contribution in [0.1, 0.15) is 33.6 Å². The zero-order valence-electron chi connectivity index (χ0n) is 9.71. The second kappa shape index (κ2) is 6.40. The Hall–Kier alpha value is -0.0900. The molecule has 0 aliphatic rings. The normalized spacial score (nSPS) is 14.6. The third-order valence-corrected chi connectivity index (χ3v) is 3.33. The van der Waals surface area contributed by atoms with Gasteiger partial charge in [-0.25, -0.2) is 8.42 Å². The Morgan fingerprint density at radius 2 is 1.86 bits per heavy atom. The van der Waals surface area contributed by atoms with Gasteiger partial charge in [0.1, 0.15) is 9.84 Å². The fourth-order valence-electron chi connectivity index (χ4n) is 1.50. The fourth-order valence-corrected chi connectivity index (χ4v) is 2.19. The van der Waals surface area contributed by atoms with Gasteiger partial charge in [0.2, 0.25) is 0 Å². The van der Waals surface area contributed by atoms with Crippen LogP contribution >= 0.6 is 0 Å². The summed E-state index contributed by atoms with van der Waals surface area (Å²) in [5.74, 6) is 0.872. The lowest BCUT2D eigenvalue weighted by molar-refractivity contribution is 0.382. The molecular weight excluding hydrogens is 198 g/mol. The van der Waals surface area contributed by atoms with Crippen LogP contribution in [-0.4, -0.2) is 33.0 Å². The Balaban J connectivity index is 3.83. The maximum Gasteiger partial charge on any atom is 0.147 e. The van der Waals surface area contributed by atoms with Crippen molar-refractivity contribution in [1.82, 2.24) is 5.32 Å². The highest BCUT2D eigenvalue weighted by Gasteiger charge is 2.12. The zero-order valence-corrected chi connectivity index (χ0v) is 10.5. The van der Waals surface area contributed by atoms with E-state index in [2.05, 4.69) is 26.1 Å². The first-order chi connectivity index (χ1) is 6.37. The summed E-state index contributed by atoms with van der Waals surface area (Å²) < 4.78 is 21.8. The van der Waals surface area contributed by atoms with E-state index in [1.165, 1.54) is 6.26 Å². The van der Waals surface area contributed by atoms with Gasteiger partial charge in [-0.15, -0.1) is 0 Å². The summed E-state index contributed by atoms with van der Waals surface area (Å²) in [5, 5.41) is 3.37. The standard InChI is InChI=1S/C10H23NO2S/c1-5-11-10(9(2)3)7-6-8-14(4,12)13/h9-11H,5-8H2,1-4H3. The SMILES string of the molecule is CCNC(CCCS(C)(=O)=O)C(C)C. The molecule has 0 heterocycles.